The van der Waals surface area contributed by atoms with Crippen molar-refractivity contribution in [3.05, 3.63) is 30.1 Å². The smallest absolute Gasteiger partial charge is 0.191 e. The number of halogens is 2. The predicted octanol–water partition coefficient (Wildman–Crippen LogP) is 2.61. The fraction of sp³-hybridized carbons (Fsp3) is 0.632. The molecule has 3 rings (SSSR count). The van der Waals surface area contributed by atoms with Gasteiger partial charge in [0.25, 0.3) is 0 Å². The molecule has 2 saturated heterocycles. The lowest BCUT2D eigenvalue weighted by Crippen LogP contribution is -2.47. The number of nitrogens with two attached hydrogens (primary N) is 1. The summed E-state index contributed by atoms with van der Waals surface area (Å²) in [7, 11) is 0. The van der Waals surface area contributed by atoms with Crippen molar-refractivity contribution in [3.8, 4) is 0 Å². The minimum Gasteiger partial charge on any atom is -0.370 e. The molecule has 1 atom stereocenters. The molecule has 0 aliphatic carbocycles. The molecule has 2 fully saturated rings. The molecule has 26 heavy (non-hydrogen) atoms. The van der Waals surface area contributed by atoms with Crippen LogP contribution in [0.15, 0.2) is 29.3 Å². The molecule has 0 aromatic heterocycles. The maximum Gasteiger partial charge on any atom is 0.191 e. The molecule has 2 aliphatic rings. The van der Waals surface area contributed by atoms with Crippen molar-refractivity contribution in [1.82, 2.24) is 9.80 Å². The van der Waals surface area contributed by atoms with Gasteiger partial charge in [0, 0.05) is 51.5 Å². The van der Waals surface area contributed by atoms with Crippen LogP contribution in [0.4, 0.5) is 10.1 Å². The summed E-state index contributed by atoms with van der Waals surface area (Å²) in [6, 6.07) is 6.77. The molecule has 2 N–H and O–H groups in total. The first kappa shape index (κ1) is 21.2. The number of hydrogen-bond donors (Lipinski definition) is 1. The van der Waals surface area contributed by atoms with Crippen molar-refractivity contribution in [1.29, 1.82) is 0 Å². The molecule has 7 heteroatoms. The van der Waals surface area contributed by atoms with Crippen LogP contribution in [-0.2, 0) is 0 Å². The number of nitrogens with zero attached hydrogens (tertiary/aromatic N) is 4. The van der Waals surface area contributed by atoms with Gasteiger partial charge in [-0.3, -0.25) is 9.89 Å². The first-order valence-corrected chi connectivity index (χ1v) is 9.39. The van der Waals surface area contributed by atoms with Crippen LogP contribution in [0.25, 0.3) is 0 Å². The van der Waals surface area contributed by atoms with E-state index < -0.39 is 0 Å². The monoisotopic (exact) mass is 475 g/mol. The Kier molecular flexibility index (Phi) is 8.40. The zero-order valence-corrected chi connectivity index (χ0v) is 17.9. The molecule has 2 heterocycles. The standard InChI is InChI=1S/C19H30FN5.HI/c1-16-3-2-9-25(15-16)19(21)22-8-10-23-11-13-24(14-12-23)18-6-4-17(20)5-7-18;/h4-7,16H,2-3,8-15H2,1H3,(H2,21,22);1H. The summed E-state index contributed by atoms with van der Waals surface area (Å²) in [4.78, 5) is 11.5. The molecule has 0 amide bonds. The summed E-state index contributed by atoms with van der Waals surface area (Å²) in [6.45, 7) is 10.0. The molecule has 1 aromatic rings. The van der Waals surface area contributed by atoms with Gasteiger partial charge in [-0.25, -0.2) is 4.39 Å². The number of piperazine rings is 1. The lowest BCUT2D eigenvalue weighted by Gasteiger charge is -2.36. The molecule has 146 valence electrons. The zero-order chi connectivity index (χ0) is 17.6. The summed E-state index contributed by atoms with van der Waals surface area (Å²) >= 11 is 0. The summed E-state index contributed by atoms with van der Waals surface area (Å²) in [6.07, 6.45) is 2.50. The maximum absolute atomic E-state index is 13.0. The van der Waals surface area contributed by atoms with Crippen LogP contribution in [0, 0.1) is 11.7 Å². The largest absolute Gasteiger partial charge is 0.370 e. The molecular formula is C19H31FIN5. The van der Waals surface area contributed by atoms with Crippen molar-refractivity contribution in [2.24, 2.45) is 16.6 Å². The molecule has 1 unspecified atom stereocenters. The Balaban J connectivity index is 0.00000243. The lowest BCUT2D eigenvalue weighted by molar-refractivity contribution is 0.260. The molecule has 1 aromatic carbocycles. The number of rotatable bonds is 4. The van der Waals surface area contributed by atoms with E-state index in [1.807, 2.05) is 12.1 Å². The number of benzene rings is 1. The SMILES string of the molecule is CC1CCCN(C(N)=NCCN2CCN(c3ccc(F)cc3)CC2)C1.I. The number of guanidine groups is 1. The Morgan fingerprint density at radius 2 is 1.85 bits per heavy atom. The van der Waals surface area contributed by atoms with Gasteiger partial charge < -0.3 is 15.5 Å². The second-order valence-corrected chi connectivity index (χ2v) is 7.24. The summed E-state index contributed by atoms with van der Waals surface area (Å²) < 4.78 is 13.0. The van der Waals surface area contributed by atoms with E-state index in [1.165, 1.54) is 25.0 Å². The second kappa shape index (κ2) is 10.3. The van der Waals surface area contributed by atoms with E-state index in [-0.39, 0.29) is 29.8 Å². The Labute approximate surface area is 173 Å². The molecule has 0 bridgehead atoms. The maximum atomic E-state index is 13.0. The number of hydrogen-bond acceptors (Lipinski definition) is 3. The van der Waals surface area contributed by atoms with Crippen LogP contribution < -0.4 is 10.6 Å². The topological polar surface area (TPSA) is 48.1 Å². The van der Waals surface area contributed by atoms with Crippen molar-refractivity contribution in [2.45, 2.75) is 19.8 Å². The Morgan fingerprint density at radius 3 is 2.50 bits per heavy atom. The van der Waals surface area contributed by atoms with Gasteiger partial charge >= 0.3 is 0 Å². The van der Waals surface area contributed by atoms with Crippen LogP contribution in [-0.4, -0.2) is 68.1 Å². The van der Waals surface area contributed by atoms with E-state index in [0.717, 1.165) is 58.0 Å². The Hall–Kier alpha value is -1.09. The van der Waals surface area contributed by atoms with E-state index in [9.17, 15) is 4.39 Å². The van der Waals surface area contributed by atoms with Gasteiger partial charge in [-0.05, 0) is 43.0 Å². The van der Waals surface area contributed by atoms with Crippen LogP contribution >= 0.6 is 24.0 Å². The fourth-order valence-corrected chi connectivity index (χ4v) is 3.69. The summed E-state index contributed by atoms with van der Waals surface area (Å²) in [5, 5.41) is 0. The van der Waals surface area contributed by atoms with Crippen molar-refractivity contribution < 1.29 is 4.39 Å². The zero-order valence-electron chi connectivity index (χ0n) is 15.6. The van der Waals surface area contributed by atoms with Gasteiger partial charge in [0.15, 0.2) is 5.96 Å². The molecule has 5 nitrogen and oxygen atoms in total. The predicted molar refractivity (Wildman–Crippen MR) is 117 cm³/mol. The first-order valence-electron chi connectivity index (χ1n) is 9.39. The number of anilines is 1. The highest BCUT2D eigenvalue weighted by atomic mass is 127. The third kappa shape index (κ3) is 5.97. The van der Waals surface area contributed by atoms with E-state index in [2.05, 4.69) is 26.6 Å². The van der Waals surface area contributed by atoms with E-state index >= 15 is 0 Å². The van der Waals surface area contributed by atoms with Crippen molar-refractivity contribution in [2.75, 3.05) is 57.3 Å². The minimum atomic E-state index is -0.180. The quantitative estimate of drug-likeness (QED) is 0.414. The van der Waals surface area contributed by atoms with Crippen LogP contribution in [0.2, 0.25) is 0 Å². The Morgan fingerprint density at radius 1 is 1.15 bits per heavy atom. The number of aliphatic imine (C=N–C) groups is 1. The normalized spacial score (nSPS) is 22.2. The van der Waals surface area contributed by atoms with E-state index in [0.29, 0.717) is 11.9 Å². The lowest BCUT2D eigenvalue weighted by atomic mass is 10.0. The number of likely N-dealkylation sites (tertiary alicyclic amines) is 1. The summed E-state index contributed by atoms with van der Waals surface area (Å²) in [5.41, 5.74) is 7.25. The van der Waals surface area contributed by atoms with Crippen molar-refractivity contribution in [3.63, 3.8) is 0 Å². The fourth-order valence-electron chi connectivity index (χ4n) is 3.69. The van der Waals surface area contributed by atoms with E-state index in [4.69, 9.17) is 5.73 Å². The van der Waals surface area contributed by atoms with Gasteiger partial charge in [0.05, 0.1) is 6.54 Å². The highest BCUT2D eigenvalue weighted by molar-refractivity contribution is 14.0. The van der Waals surface area contributed by atoms with Crippen LogP contribution in [0.3, 0.4) is 0 Å². The molecule has 0 spiro atoms. The molecule has 2 aliphatic heterocycles. The summed E-state index contributed by atoms with van der Waals surface area (Å²) in [5.74, 6) is 1.24. The first-order chi connectivity index (χ1) is 12.1. The number of piperidine rings is 1. The second-order valence-electron chi connectivity index (χ2n) is 7.24. The average molecular weight is 475 g/mol. The third-order valence-corrected chi connectivity index (χ3v) is 5.24. The molecular weight excluding hydrogens is 444 g/mol. The van der Waals surface area contributed by atoms with Gasteiger partial charge in [0.1, 0.15) is 5.82 Å². The van der Waals surface area contributed by atoms with Crippen molar-refractivity contribution >= 4 is 35.6 Å². The third-order valence-electron chi connectivity index (χ3n) is 5.24. The highest BCUT2D eigenvalue weighted by Crippen LogP contribution is 2.17. The van der Waals surface area contributed by atoms with Gasteiger partial charge in [-0.1, -0.05) is 6.92 Å². The van der Waals surface area contributed by atoms with Gasteiger partial charge in [-0.15, -0.1) is 24.0 Å². The van der Waals surface area contributed by atoms with E-state index in [1.54, 1.807) is 0 Å². The van der Waals surface area contributed by atoms with Gasteiger partial charge in [0.2, 0.25) is 0 Å². The van der Waals surface area contributed by atoms with Crippen LogP contribution in [0.1, 0.15) is 19.8 Å². The highest BCUT2D eigenvalue weighted by Gasteiger charge is 2.19. The van der Waals surface area contributed by atoms with Crippen LogP contribution in [0.5, 0.6) is 0 Å². The Bertz CT molecular complexity index is 572. The van der Waals surface area contributed by atoms with Gasteiger partial charge in [-0.2, -0.15) is 0 Å². The molecule has 0 radical (unpaired) electrons. The average Bonchev–Trinajstić information content (AvgIpc) is 2.63. The molecule has 0 saturated carbocycles. The minimum absolute atomic E-state index is 0.